The number of carbonyl (C=O) groups excluding carboxylic acids is 2. The van der Waals surface area contributed by atoms with Crippen molar-refractivity contribution < 1.29 is 14.5 Å². The minimum absolute atomic E-state index is 0.0671. The van der Waals surface area contributed by atoms with Crippen molar-refractivity contribution in [3.63, 3.8) is 0 Å². The fourth-order valence-electron chi connectivity index (χ4n) is 3.85. The number of rotatable bonds is 5. The van der Waals surface area contributed by atoms with E-state index < -0.39 is 10.8 Å². The van der Waals surface area contributed by atoms with Crippen molar-refractivity contribution in [2.75, 3.05) is 13.1 Å². The molecule has 0 aliphatic carbocycles. The van der Waals surface area contributed by atoms with E-state index in [2.05, 4.69) is 12.6 Å². The number of hydrogen-bond donors (Lipinski definition) is 0. The van der Waals surface area contributed by atoms with E-state index in [0.29, 0.717) is 24.4 Å². The topological polar surface area (TPSA) is 83.8 Å². The van der Waals surface area contributed by atoms with Crippen molar-refractivity contribution in [2.24, 2.45) is 0 Å². The Morgan fingerprint density at radius 1 is 1.03 bits per heavy atom. The van der Waals surface area contributed by atoms with Crippen LogP contribution in [-0.2, 0) is 22.6 Å². The summed E-state index contributed by atoms with van der Waals surface area (Å²) in [5.41, 5.74) is 3.42. The second-order valence-corrected chi connectivity index (χ2v) is 6.98. The van der Waals surface area contributed by atoms with E-state index in [0.717, 1.165) is 12.0 Å². The molecular weight excluding hydrogens is 370 g/mol. The van der Waals surface area contributed by atoms with Gasteiger partial charge in [-0.3, -0.25) is 24.6 Å². The maximum atomic E-state index is 13.1. The molecule has 2 amide bonds. The predicted molar refractivity (Wildman–Crippen MR) is 107 cm³/mol. The Morgan fingerprint density at radius 3 is 2.38 bits per heavy atom. The number of nitrogens with zero attached hydrogens (tertiary/aromatic N) is 3. The highest BCUT2D eigenvalue weighted by atomic mass is 16.6. The third kappa shape index (κ3) is 3.20. The number of imide groups is 1. The van der Waals surface area contributed by atoms with E-state index >= 15 is 0 Å². The molecule has 2 aliphatic heterocycles. The first-order chi connectivity index (χ1) is 14.0. The van der Waals surface area contributed by atoms with Crippen LogP contribution in [0.5, 0.6) is 0 Å². The van der Waals surface area contributed by atoms with Gasteiger partial charge in [-0.15, -0.1) is 6.58 Å². The molecule has 2 aliphatic rings. The summed E-state index contributed by atoms with van der Waals surface area (Å²) in [7, 11) is 0. The van der Waals surface area contributed by atoms with Crippen LogP contribution in [0.15, 0.2) is 66.9 Å². The molecule has 0 atom stereocenters. The van der Waals surface area contributed by atoms with Gasteiger partial charge >= 0.3 is 0 Å². The fraction of sp³-hybridized carbons (Fsp3) is 0.182. The number of non-ortho nitro benzene ring substituents is 1. The number of benzene rings is 2. The Balaban J connectivity index is 1.79. The highest BCUT2D eigenvalue weighted by molar-refractivity contribution is 6.35. The molecule has 0 aromatic heterocycles. The van der Waals surface area contributed by atoms with Gasteiger partial charge in [-0.05, 0) is 35.2 Å². The van der Waals surface area contributed by atoms with Gasteiger partial charge in [-0.25, -0.2) is 0 Å². The van der Waals surface area contributed by atoms with Gasteiger partial charge in [0.1, 0.15) is 5.70 Å². The lowest BCUT2D eigenvalue weighted by atomic mass is 9.98. The summed E-state index contributed by atoms with van der Waals surface area (Å²) in [4.78, 5) is 39.8. The van der Waals surface area contributed by atoms with Gasteiger partial charge in [0.25, 0.3) is 17.5 Å². The normalized spacial score (nSPS) is 16.3. The van der Waals surface area contributed by atoms with Crippen molar-refractivity contribution in [1.82, 2.24) is 9.80 Å². The van der Waals surface area contributed by atoms with Gasteiger partial charge in [-0.1, -0.05) is 30.3 Å². The van der Waals surface area contributed by atoms with Crippen molar-refractivity contribution in [2.45, 2.75) is 13.0 Å². The second-order valence-electron chi connectivity index (χ2n) is 6.98. The third-order valence-corrected chi connectivity index (χ3v) is 5.27. The second kappa shape index (κ2) is 7.35. The van der Waals surface area contributed by atoms with E-state index in [-0.39, 0.29) is 23.7 Å². The lowest BCUT2D eigenvalue weighted by Crippen LogP contribution is -2.37. The lowest BCUT2D eigenvalue weighted by molar-refractivity contribution is -0.384. The number of nitro benzene ring substituents is 1. The van der Waals surface area contributed by atoms with Crippen LogP contribution in [0.1, 0.15) is 16.7 Å². The van der Waals surface area contributed by atoms with E-state index in [9.17, 15) is 19.7 Å². The van der Waals surface area contributed by atoms with Crippen LogP contribution in [-0.4, -0.2) is 39.6 Å². The molecule has 2 aromatic carbocycles. The first-order valence-electron chi connectivity index (χ1n) is 9.29. The first kappa shape index (κ1) is 18.6. The van der Waals surface area contributed by atoms with Gasteiger partial charge in [0.2, 0.25) is 0 Å². The Morgan fingerprint density at radius 2 is 1.72 bits per heavy atom. The van der Waals surface area contributed by atoms with Gasteiger partial charge < -0.3 is 4.90 Å². The Labute approximate surface area is 167 Å². The molecule has 146 valence electrons. The summed E-state index contributed by atoms with van der Waals surface area (Å²) >= 11 is 0. The third-order valence-electron chi connectivity index (χ3n) is 5.27. The monoisotopic (exact) mass is 389 g/mol. The maximum absolute atomic E-state index is 13.1. The average Bonchev–Trinajstić information content (AvgIpc) is 2.98. The zero-order valence-electron chi connectivity index (χ0n) is 15.7. The van der Waals surface area contributed by atoms with Gasteiger partial charge in [-0.2, -0.15) is 0 Å². The van der Waals surface area contributed by atoms with Crippen LogP contribution < -0.4 is 0 Å². The molecule has 29 heavy (non-hydrogen) atoms. The molecule has 0 unspecified atom stereocenters. The van der Waals surface area contributed by atoms with E-state index in [1.807, 2.05) is 23.1 Å². The highest BCUT2D eigenvalue weighted by Gasteiger charge is 2.41. The Kier molecular flexibility index (Phi) is 4.72. The minimum Gasteiger partial charge on any atom is -0.362 e. The van der Waals surface area contributed by atoms with Crippen molar-refractivity contribution >= 4 is 23.1 Å². The molecule has 2 aromatic rings. The standard InChI is InChI=1S/C22H19N3O4/c1-2-12-24-21(26)19(16-7-9-18(10-8-16)25(28)29)20(22(24)27)23-13-11-15-5-3-4-6-17(15)14-23/h2-10H,1,11-14H2. The average molecular weight is 389 g/mol. The molecule has 2 heterocycles. The number of hydrogen-bond acceptors (Lipinski definition) is 5. The van der Waals surface area contributed by atoms with E-state index in [1.165, 1.54) is 40.8 Å². The van der Waals surface area contributed by atoms with E-state index in [4.69, 9.17) is 0 Å². The maximum Gasteiger partial charge on any atom is 0.278 e. The molecule has 0 bridgehead atoms. The summed E-state index contributed by atoms with van der Waals surface area (Å²) in [6, 6.07) is 13.8. The summed E-state index contributed by atoms with van der Waals surface area (Å²) < 4.78 is 0. The SMILES string of the molecule is C=CCN1C(=O)C(c2ccc([N+](=O)[O-])cc2)=C(N2CCc3ccccc3C2)C1=O. The lowest BCUT2D eigenvalue weighted by Gasteiger charge is -2.31. The van der Waals surface area contributed by atoms with Gasteiger partial charge in [0.05, 0.1) is 10.5 Å². The fourth-order valence-corrected chi connectivity index (χ4v) is 3.85. The van der Waals surface area contributed by atoms with Crippen LogP contribution in [0.4, 0.5) is 5.69 Å². The largest absolute Gasteiger partial charge is 0.362 e. The zero-order chi connectivity index (χ0) is 20.5. The molecule has 7 heteroatoms. The number of fused-ring (bicyclic) bond motifs is 1. The summed E-state index contributed by atoms with van der Waals surface area (Å²) in [6.07, 6.45) is 2.29. The Hall–Kier alpha value is -3.74. The van der Waals surface area contributed by atoms with Crippen molar-refractivity contribution in [1.29, 1.82) is 0 Å². The van der Waals surface area contributed by atoms with Crippen LogP contribution in [0.3, 0.4) is 0 Å². The molecule has 0 N–H and O–H groups in total. The molecule has 0 spiro atoms. The summed E-state index contributed by atoms with van der Waals surface area (Å²) in [5.74, 6) is -0.764. The van der Waals surface area contributed by atoms with Crippen LogP contribution in [0, 0.1) is 10.1 Å². The van der Waals surface area contributed by atoms with Crippen LogP contribution >= 0.6 is 0 Å². The number of carbonyl (C=O) groups is 2. The van der Waals surface area contributed by atoms with Crippen LogP contribution in [0.25, 0.3) is 5.57 Å². The summed E-state index contributed by atoms with van der Waals surface area (Å²) in [5, 5.41) is 11.0. The summed E-state index contributed by atoms with van der Waals surface area (Å²) in [6.45, 7) is 4.89. The zero-order valence-corrected chi connectivity index (χ0v) is 15.7. The van der Waals surface area contributed by atoms with Gasteiger partial charge in [0, 0.05) is 31.8 Å². The number of nitro groups is 1. The molecule has 0 saturated heterocycles. The molecule has 4 rings (SSSR count). The van der Waals surface area contributed by atoms with Gasteiger partial charge in [0.15, 0.2) is 0 Å². The molecule has 0 fully saturated rings. The van der Waals surface area contributed by atoms with Crippen molar-refractivity contribution in [3.8, 4) is 0 Å². The predicted octanol–water partition coefficient (Wildman–Crippen LogP) is 2.92. The van der Waals surface area contributed by atoms with Crippen LogP contribution in [0.2, 0.25) is 0 Å². The molecule has 0 saturated carbocycles. The molecular formula is C22H19N3O4. The first-order valence-corrected chi connectivity index (χ1v) is 9.29. The highest BCUT2D eigenvalue weighted by Crippen LogP contribution is 2.34. The van der Waals surface area contributed by atoms with E-state index in [1.54, 1.807) is 0 Å². The number of amides is 2. The minimum atomic E-state index is -0.494. The quantitative estimate of drug-likeness (QED) is 0.340. The molecule has 7 nitrogen and oxygen atoms in total. The molecule has 0 radical (unpaired) electrons. The van der Waals surface area contributed by atoms with Crippen molar-refractivity contribution in [3.05, 3.63) is 93.7 Å². The Bertz CT molecular complexity index is 1060. The smallest absolute Gasteiger partial charge is 0.278 e.